The molecule has 0 spiro atoms. The van der Waals surface area contributed by atoms with Gasteiger partial charge in [-0.25, -0.2) is 0 Å². The van der Waals surface area contributed by atoms with E-state index in [1.54, 1.807) is 0 Å². The summed E-state index contributed by atoms with van der Waals surface area (Å²) in [4.78, 5) is 12.2. The maximum atomic E-state index is 12.2. The van der Waals surface area contributed by atoms with Crippen molar-refractivity contribution >= 4 is 5.78 Å². The number of aromatic hydroxyl groups is 8. The summed E-state index contributed by atoms with van der Waals surface area (Å²) in [5.74, 6) is -9.85. The molecule has 0 radical (unpaired) electrons. The van der Waals surface area contributed by atoms with E-state index in [0.29, 0.717) is 12.1 Å². The number of hydrogen-bond acceptors (Lipinski definition) is 9. The van der Waals surface area contributed by atoms with Gasteiger partial charge in [0.1, 0.15) is 11.3 Å². The Morgan fingerprint density at radius 1 is 0.591 bits per heavy atom. The first kappa shape index (κ1) is 14.9. The van der Waals surface area contributed by atoms with Crippen LogP contribution < -0.4 is 0 Å². The number of carbonyl (C=O) groups excluding carboxylic acids is 1. The lowest BCUT2D eigenvalue weighted by Gasteiger charge is -2.12. The Balaban J connectivity index is 2.73. The maximum Gasteiger partial charge on any atom is 0.208 e. The van der Waals surface area contributed by atoms with Crippen molar-refractivity contribution in [3.8, 4) is 46.0 Å². The van der Waals surface area contributed by atoms with Crippen LogP contribution in [0.3, 0.4) is 0 Å². The van der Waals surface area contributed by atoms with E-state index in [0.717, 1.165) is 0 Å². The minimum Gasteiger partial charge on any atom is -0.507 e. The molecule has 0 bridgehead atoms. The van der Waals surface area contributed by atoms with Gasteiger partial charge in [0.2, 0.25) is 23.0 Å². The summed E-state index contributed by atoms with van der Waals surface area (Å²) in [7, 11) is 0. The fraction of sp³-hybridized carbons (Fsp3) is 0. The predicted octanol–water partition coefficient (Wildman–Crippen LogP) is 0.562. The molecule has 0 aliphatic heterocycles. The Morgan fingerprint density at radius 3 is 1.50 bits per heavy atom. The minimum absolute atomic E-state index is 0.636. The normalized spacial score (nSPS) is 10.5. The zero-order valence-electron chi connectivity index (χ0n) is 10.6. The van der Waals surface area contributed by atoms with Crippen molar-refractivity contribution in [1.82, 2.24) is 0 Å². The van der Waals surface area contributed by atoms with Crippen molar-refractivity contribution in [2.24, 2.45) is 0 Å². The van der Waals surface area contributed by atoms with Crippen LogP contribution in [-0.4, -0.2) is 46.6 Å². The Bertz CT molecular complexity index is 766. The van der Waals surface area contributed by atoms with Gasteiger partial charge >= 0.3 is 0 Å². The molecular formula is C13H10O9. The van der Waals surface area contributed by atoms with Gasteiger partial charge in [-0.2, -0.15) is 0 Å². The highest BCUT2D eigenvalue weighted by Crippen LogP contribution is 2.51. The first-order valence-electron chi connectivity index (χ1n) is 5.65. The van der Waals surface area contributed by atoms with Crippen molar-refractivity contribution < 1.29 is 45.6 Å². The molecule has 9 nitrogen and oxygen atoms in total. The predicted molar refractivity (Wildman–Crippen MR) is 69.6 cm³/mol. The number of rotatable bonds is 2. The molecule has 116 valence electrons. The SMILES string of the molecule is O=C(c1cc(O)c(O)cc1O)c1c(O)c(O)c(O)c(O)c1O. The molecule has 0 amide bonds. The van der Waals surface area contributed by atoms with Crippen LogP contribution in [0.5, 0.6) is 46.0 Å². The van der Waals surface area contributed by atoms with Gasteiger partial charge in [-0.1, -0.05) is 0 Å². The van der Waals surface area contributed by atoms with E-state index in [4.69, 9.17) is 0 Å². The minimum atomic E-state index is -1.30. The molecular weight excluding hydrogens is 300 g/mol. The summed E-state index contributed by atoms with van der Waals surface area (Å²) in [5, 5.41) is 75.4. The van der Waals surface area contributed by atoms with Crippen molar-refractivity contribution in [2.75, 3.05) is 0 Å². The number of phenolic OH excluding ortho intramolecular Hbond substituents is 8. The van der Waals surface area contributed by atoms with E-state index >= 15 is 0 Å². The zero-order valence-corrected chi connectivity index (χ0v) is 10.6. The molecule has 0 aliphatic carbocycles. The molecule has 0 atom stereocenters. The molecule has 0 unspecified atom stereocenters. The monoisotopic (exact) mass is 310 g/mol. The molecule has 0 fully saturated rings. The van der Waals surface area contributed by atoms with Gasteiger partial charge in [-0.05, 0) is 6.07 Å². The number of ketones is 1. The van der Waals surface area contributed by atoms with Gasteiger partial charge in [0, 0.05) is 6.07 Å². The van der Waals surface area contributed by atoms with E-state index in [-0.39, 0.29) is 0 Å². The molecule has 0 heterocycles. The van der Waals surface area contributed by atoms with Crippen LogP contribution in [0.15, 0.2) is 12.1 Å². The summed E-state index contributed by atoms with van der Waals surface area (Å²) >= 11 is 0. The second-order valence-electron chi connectivity index (χ2n) is 4.31. The van der Waals surface area contributed by atoms with Crippen LogP contribution in [-0.2, 0) is 0 Å². The Kier molecular flexibility index (Phi) is 3.26. The summed E-state index contributed by atoms with van der Waals surface area (Å²) in [6.07, 6.45) is 0. The Labute approximate surface area is 121 Å². The van der Waals surface area contributed by atoms with Gasteiger partial charge < -0.3 is 40.9 Å². The molecule has 8 N–H and O–H groups in total. The summed E-state index contributed by atoms with van der Waals surface area (Å²) < 4.78 is 0. The van der Waals surface area contributed by atoms with Crippen LogP contribution in [0, 0.1) is 0 Å². The first-order chi connectivity index (χ1) is 10.2. The molecule has 2 aromatic rings. The van der Waals surface area contributed by atoms with Crippen molar-refractivity contribution in [3.05, 3.63) is 23.3 Å². The molecule has 0 saturated heterocycles. The van der Waals surface area contributed by atoms with Crippen molar-refractivity contribution in [2.45, 2.75) is 0 Å². The van der Waals surface area contributed by atoms with Crippen LogP contribution in [0.25, 0.3) is 0 Å². The van der Waals surface area contributed by atoms with E-state index in [1.165, 1.54) is 0 Å². The van der Waals surface area contributed by atoms with E-state index < -0.39 is 62.9 Å². The van der Waals surface area contributed by atoms with Crippen molar-refractivity contribution in [1.29, 1.82) is 0 Å². The highest BCUT2D eigenvalue weighted by atomic mass is 16.4. The molecule has 0 aliphatic rings. The molecule has 0 saturated carbocycles. The van der Waals surface area contributed by atoms with Crippen LogP contribution in [0.4, 0.5) is 0 Å². The lowest BCUT2D eigenvalue weighted by molar-refractivity contribution is 0.102. The lowest BCUT2D eigenvalue weighted by atomic mass is 9.98. The van der Waals surface area contributed by atoms with Crippen LogP contribution >= 0.6 is 0 Å². The molecule has 2 aromatic carbocycles. The van der Waals surface area contributed by atoms with Crippen LogP contribution in [0.2, 0.25) is 0 Å². The Morgan fingerprint density at radius 2 is 1.00 bits per heavy atom. The maximum absolute atomic E-state index is 12.2. The average molecular weight is 310 g/mol. The van der Waals surface area contributed by atoms with E-state index in [2.05, 4.69) is 0 Å². The number of phenols is 8. The largest absolute Gasteiger partial charge is 0.507 e. The lowest BCUT2D eigenvalue weighted by Crippen LogP contribution is -2.03. The van der Waals surface area contributed by atoms with Gasteiger partial charge in [0.15, 0.2) is 23.0 Å². The number of hydrogen-bond donors (Lipinski definition) is 8. The van der Waals surface area contributed by atoms with E-state index in [1.807, 2.05) is 0 Å². The standard InChI is InChI=1S/C13H10O9/c14-4-2-6(16)5(15)1-3(4)8(17)7-9(18)11(20)13(22)12(21)10(7)19/h1-2,14-16,18-22H. The van der Waals surface area contributed by atoms with Gasteiger partial charge in [-0.3, -0.25) is 4.79 Å². The third kappa shape index (κ3) is 2.00. The van der Waals surface area contributed by atoms with Crippen molar-refractivity contribution in [3.63, 3.8) is 0 Å². The van der Waals surface area contributed by atoms with Gasteiger partial charge in [0.05, 0.1) is 5.56 Å². The fourth-order valence-corrected chi connectivity index (χ4v) is 1.78. The smallest absolute Gasteiger partial charge is 0.208 e. The molecule has 0 aromatic heterocycles. The van der Waals surface area contributed by atoms with Gasteiger partial charge in [-0.15, -0.1) is 0 Å². The quantitative estimate of drug-likeness (QED) is 0.223. The third-order valence-electron chi connectivity index (χ3n) is 2.94. The second-order valence-corrected chi connectivity index (χ2v) is 4.31. The van der Waals surface area contributed by atoms with E-state index in [9.17, 15) is 45.6 Å². The van der Waals surface area contributed by atoms with Crippen LogP contribution in [0.1, 0.15) is 15.9 Å². The number of carbonyl (C=O) groups is 1. The summed E-state index contributed by atoms with van der Waals surface area (Å²) in [5.41, 5.74) is -1.67. The topological polar surface area (TPSA) is 179 Å². The summed E-state index contributed by atoms with van der Waals surface area (Å²) in [6.45, 7) is 0. The highest BCUT2D eigenvalue weighted by Gasteiger charge is 2.30. The molecule has 22 heavy (non-hydrogen) atoms. The summed E-state index contributed by atoms with van der Waals surface area (Å²) in [6, 6.07) is 1.28. The number of benzene rings is 2. The fourth-order valence-electron chi connectivity index (χ4n) is 1.78. The third-order valence-corrected chi connectivity index (χ3v) is 2.94. The molecule has 9 heteroatoms. The first-order valence-corrected chi connectivity index (χ1v) is 5.65. The Hall–Kier alpha value is -3.49. The highest BCUT2D eigenvalue weighted by molar-refractivity contribution is 6.15. The molecule has 2 rings (SSSR count). The second kappa shape index (κ2) is 4.81. The average Bonchev–Trinajstić information content (AvgIpc) is 2.47. The zero-order chi connectivity index (χ0) is 16.8. The van der Waals surface area contributed by atoms with Gasteiger partial charge in [0.25, 0.3) is 0 Å².